The van der Waals surface area contributed by atoms with Gasteiger partial charge in [0.2, 0.25) is 0 Å². The van der Waals surface area contributed by atoms with Gasteiger partial charge in [0.25, 0.3) is 0 Å². The standard InChI is InChI=1S/C25H37N5OSi/c1-32(2,3)15-14-31-20-30-27-24-11-10-21(17-25(24)28-30)18-26-23-9-7-8-22(16-23)19-29-12-5-4-6-13-29/h7-11,16-17,26H,4-6,12-15,18-20H2,1-3H3. The zero-order valence-corrected chi connectivity index (χ0v) is 20.8. The predicted octanol–water partition coefficient (Wildman–Crippen LogP) is 5.34. The topological polar surface area (TPSA) is 55.2 Å². The van der Waals surface area contributed by atoms with Crippen LogP contribution in [0.1, 0.15) is 30.4 Å². The molecule has 0 radical (unpaired) electrons. The normalized spacial score (nSPS) is 15.3. The van der Waals surface area contributed by atoms with E-state index in [2.05, 4.69) is 76.5 Å². The van der Waals surface area contributed by atoms with Gasteiger partial charge in [-0.25, -0.2) is 0 Å². The molecule has 0 bridgehead atoms. The third-order valence-electron chi connectivity index (χ3n) is 5.97. The van der Waals surface area contributed by atoms with Crippen molar-refractivity contribution in [3.05, 3.63) is 53.6 Å². The summed E-state index contributed by atoms with van der Waals surface area (Å²) < 4.78 is 5.78. The molecular weight excluding hydrogens is 414 g/mol. The summed E-state index contributed by atoms with van der Waals surface area (Å²) in [6.45, 7) is 12.5. The van der Waals surface area contributed by atoms with Gasteiger partial charge in [-0.05, 0) is 67.4 Å². The van der Waals surface area contributed by atoms with Crippen LogP contribution in [0.2, 0.25) is 25.7 Å². The summed E-state index contributed by atoms with van der Waals surface area (Å²) in [5.41, 5.74) is 5.57. The van der Waals surface area contributed by atoms with Gasteiger partial charge in [0, 0.05) is 33.5 Å². The van der Waals surface area contributed by atoms with Crippen LogP contribution in [-0.4, -0.2) is 47.7 Å². The van der Waals surface area contributed by atoms with Crippen molar-refractivity contribution in [3.63, 3.8) is 0 Å². The van der Waals surface area contributed by atoms with Gasteiger partial charge in [-0.3, -0.25) is 4.90 Å². The largest absolute Gasteiger partial charge is 0.381 e. The van der Waals surface area contributed by atoms with Gasteiger partial charge < -0.3 is 10.1 Å². The molecule has 0 amide bonds. The lowest BCUT2D eigenvalue weighted by Crippen LogP contribution is -2.29. The number of hydrogen-bond donors (Lipinski definition) is 1. The smallest absolute Gasteiger partial charge is 0.158 e. The van der Waals surface area contributed by atoms with Gasteiger partial charge in [-0.1, -0.05) is 44.3 Å². The highest BCUT2D eigenvalue weighted by atomic mass is 28.3. The number of nitrogens with one attached hydrogen (secondary N) is 1. The van der Waals surface area contributed by atoms with E-state index in [9.17, 15) is 0 Å². The van der Waals surface area contributed by atoms with Crippen LogP contribution in [0.3, 0.4) is 0 Å². The van der Waals surface area contributed by atoms with Crippen LogP contribution in [0.4, 0.5) is 5.69 Å². The number of piperidine rings is 1. The first kappa shape index (κ1) is 23.0. The molecule has 1 saturated heterocycles. The molecule has 1 fully saturated rings. The van der Waals surface area contributed by atoms with Crippen LogP contribution in [-0.2, 0) is 24.6 Å². The maximum absolute atomic E-state index is 5.78. The summed E-state index contributed by atoms with van der Waals surface area (Å²) in [7, 11) is -1.07. The van der Waals surface area contributed by atoms with Crippen LogP contribution >= 0.6 is 0 Å². The SMILES string of the molecule is C[Si](C)(C)CCOCn1nc2ccc(CNc3cccc(CN4CCCCC4)c3)cc2n1. The van der Waals surface area contributed by atoms with Crippen LogP contribution < -0.4 is 5.32 Å². The Hall–Kier alpha value is -2.22. The molecule has 32 heavy (non-hydrogen) atoms. The lowest BCUT2D eigenvalue weighted by atomic mass is 10.1. The lowest BCUT2D eigenvalue weighted by Gasteiger charge is -2.26. The summed E-state index contributed by atoms with van der Waals surface area (Å²) >= 11 is 0. The van der Waals surface area contributed by atoms with Crippen molar-refractivity contribution in [2.24, 2.45) is 0 Å². The highest BCUT2D eigenvalue weighted by Gasteiger charge is 2.13. The second-order valence-corrected chi connectivity index (χ2v) is 15.8. The van der Waals surface area contributed by atoms with E-state index in [0.717, 1.165) is 36.8 Å². The van der Waals surface area contributed by atoms with Crippen molar-refractivity contribution < 1.29 is 4.74 Å². The van der Waals surface area contributed by atoms with Crippen molar-refractivity contribution >= 4 is 24.8 Å². The first-order valence-electron chi connectivity index (χ1n) is 11.9. The van der Waals surface area contributed by atoms with Crippen LogP contribution in [0.5, 0.6) is 0 Å². The van der Waals surface area contributed by atoms with E-state index in [4.69, 9.17) is 4.74 Å². The van der Waals surface area contributed by atoms with E-state index < -0.39 is 8.07 Å². The summed E-state index contributed by atoms with van der Waals surface area (Å²) in [5, 5.41) is 12.7. The second-order valence-electron chi connectivity index (χ2n) is 10.1. The first-order valence-corrected chi connectivity index (χ1v) is 15.6. The van der Waals surface area contributed by atoms with E-state index in [1.165, 1.54) is 49.2 Å². The van der Waals surface area contributed by atoms with Crippen molar-refractivity contribution in [2.45, 2.75) is 64.8 Å². The quantitative estimate of drug-likeness (QED) is 0.333. The van der Waals surface area contributed by atoms with Crippen molar-refractivity contribution in [1.82, 2.24) is 19.9 Å². The number of hydrogen-bond acceptors (Lipinski definition) is 5. The highest BCUT2D eigenvalue weighted by molar-refractivity contribution is 6.76. The molecule has 7 heteroatoms. The minimum Gasteiger partial charge on any atom is -0.381 e. The Balaban J connectivity index is 1.31. The molecule has 1 aliphatic heterocycles. The molecule has 0 spiro atoms. The molecule has 1 N–H and O–H groups in total. The monoisotopic (exact) mass is 451 g/mol. The Labute approximate surface area is 193 Å². The van der Waals surface area contributed by atoms with Crippen molar-refractivity contribution in [1.29, 1.82) is 0 Å². The molecule has 6 nitrogen and oxygen atoms in total. The number of benzene rings is 2. The van der Waals surface area contributed by atoms with Crippen molar-refractivity contribution in [2.75, 3.05) is 25.0 Å². The zero-order chi connectivity index (χ0) is 22.4. The Bertz CT molecular complexity index is 1010. The fourth-order valence-corrected chi connectivity index (χ4v) is 4.81. The molecule has 0 unspecified atom stereocenters. The van der Waals surface area contributed by atoms with Crippen LogP contribution in [0, 0.1) is 0 Å². The molecule has 2 heterocycles. The molecule has 1 aliphatic rings. The Morgan fingerprint density at radius 3 is 2.56 bits per heavy atom. The molecule has 3 aromatic rings. The first-order chi connectivity index (χ1) is 15.4. The molecule has 172 valence electrons. The van der Waals surface area contributed by atoms with Gasteiger partial charge >= 0.3 is 0 Å². The minimum atomic E-state index is -1.07. The maximum atomic E-state index is 5.78. The van der Waals surface area contributed by atoms with Crippen LogP contribution in [0.15, 0.2) is 42.5 Å². The molecule has 1 aromatic heterocycles. The van der Waals surface area contributed by atoms with E-state index in [-0.39, 0.29) is 0 Å². The van der Waals surface area contributed by atoms with E-state index in [1.807, 2.05) is 6.07 Å². The van der Waals surface area contributed by atoms with E-state index in [1.54, 1.807) is 4.80 Å². The summed E-state index contributed by atoms with van der Waals surface area (Å²) in [4.78, 5) is 4.23. The molecular formula is C25H37N5OSi. The molecule has 2 aromatic carbocycles. The number of aromatic nitrogens is 3. The van der Waals surface area contributed by atoms with Gasteiger partial charge in [0.05, 0.1) is 0 Å². The van der Waals surface area contributed by atoms with Crippen molar-refractivity contribution in [3.8, 4) is 0 Å². The third kappa shape index (κ3) is 6.89. The number of likely N-dealkylation sites (tertiary alicyclic amines) is 1. The molecule has 0 saturated carbocycles. The second kappa shape index (κ2) is 10.6. The van der Waals surface area contributed by atoms with Gasteiger partial charge in [0.1, 0.15) is 11.0 Å². The number of fused-ring (bicyclic) bond motifs is 1. The van der Waals surface area contributed by atoms with Gasteiger partial charge in [-0.15, -0.1) is 0 Å². The summed E-state index contributed by atoms with van der Waals surface area (Å²) in [5.74, 6) is 0. The van der Waals surface area contributed by atoms with Gasteiger partial charge in [-0.2, -0.15) is 15.0 Å². The lowest BCUT2D eigenvalue weighted by molar-refractivity contribution is 0.0693. The Morgan fingerprint density at radius 2 is 1.75 bits per heavy atom. The number of ether oxygens (including phenoxy) is 1. The minimum absolute atomic E-state index is 0.413. The van der Waals surface area contributed by atoms with Gasteiger partial charge in [0.15, 0.2) is 6.73 Å². The average Bonchev–Trinajstić information content (AvgIpc) is 3.18. The van der Waals surface area contributed by atoms with E-state index >= 15 is 0 Å². The average molecular weight is 452 g/mol. The summed E-state index contributed by atoms with van der Waals surface area (Å²) in [6.07, 6.45) is 4.03. The molecule has 4 rings (SSSR count). The maximum Gasteiger partial charge on any atom is 0.158 e. The Kier molecular flexibility index (Phi) is 7.60. The third-order valence-corrected chi connectivity index (χ3v) is 7.67. The fourth-order valence-electron chi connectivity index (χ4n) is 4.06. The Morgan fingerprint density at radius 1 is 0.938 bits per heavy atom. The predicted molar refractivity (Wildman–Crippen MR) is 135 cm³/mol. The number of rotatable bonds is 10. The number of anilines is 1. The van der Waals surface area contributed by atoms with E-state index in [0.29, 0.717) is 6.73 Å². The summed E-state index contributed by atoms with van der Waals surface area (Å²) in [6, 6.07) is 16.2. The zero-order valence-electron chi connectivity index (χ0n) is 19.8. The molecule has 0 aliphatic carbocycles. The highest BCUT2D eigenvalue weighted by Crippen LogP contribution is 2.18. The fraction of sp³-hybridized carbons (Fsp3) is 0.520. The number of nitrogens with zero attached hydrogens (tertiary/aromatic N) is 4. The molecule has 0 atom stereocenters. The van der Waals surface area contributed by atoms with Crippen LogP contribution in [0.25, 0.3) is 11.0 Å².